The number of nitrogens with zero attached hydrogens (tertiary/aromatic N) is 4. The lowest BCUT2D eigenvalue weighted by Crippen LogP contribution is -2.25. The molecule has 1 aliphatic heterocycles. The number of benzene rings is 1. The number of pyridine rings is 1. The van der Waals surface area contributed by atoms with E-state index in [-0.39, 0.29) is 29.9 Å². The molecule has 3 aromatic rings. The first-order valence-electron chi connectivity index (χ1n) is 8.96. The van der Waals surface area contributed by atoms with E-state index in [0.717, 1.165) is 11.1 Å². The van der Waals surface area contributed by atoms with E-state index in [9.17, 15) is 9.18 Å². The smallest absolute Gasteiger partial charge is 0.261 e. The highest BCUT2D eigenvalue weighted by Crippen LogP contribution is 2.27. The molecular weight excluding hydrogens is 357 g/mol. The fourth-order valence-electron chi connectivity index (χ4n) is 3.53. The normalized spacial score (nSPS) is 20.1. The Bertz CT molecular complexity index is 1230. The van der Waals surface area contributed by atoms with Crippen LogP contribution in [0.4, 0.5) is 4.39 Å². The molecule has 138 valence electrons. The van der Waals surface area contributed by atoms with Gasteiger partial charge >= 0.3 is 0 Å². The molecule has 0 radical (unpaired) electrons. The zero-order valence-corrected chi connectivity index (χ0v) is 14.8. The molecule has 0 amide bonds. The Kier molecular flexibility index (Phi) is 3.86. The lowest BCUT2D eigenvalue weighted by atomic mass is 9.90. The highest BCUT2D eigenvalue weighted by Gasteiger charge is 2.23. The third-order valence-corrected chi connectivity index (χ3v) is 5.09. The van der Waals surface area contributed by atoms with Gasteiger partial charge in [-0.3, -0.25) is 14.3 Å². The predicted octanol–water partition coefficient (Wildman–Crippen LogP) is 2.51. The van der Waals surface area contributed by atoms with Crippen LogP contribution in [0, 0.1) is 11.7 Å². The number of hydrazone groups is 1. The van der Waals surface area contributed by atoms with Crippen molar-refractivity contribution < 1.29 is 4.39 Å². The molecule has 1 aromatic carbocycles. The van der Waals surface area contributed by atoms with Gasteiger partial charge in [-0.2, -0.15) is 5.10 Å². The molecule has 0 spiro atoms. The topological polar surface area (TPSA) is 72.2 Å². The maximum absolute atomic E-state index is 14.8. The molecule has 2 atom stereocenters. The Morgan fingerprint density at radius 3 is 3.07 bits per heavy atom. The van der Waals surface area contributed by atoms with Gasteiger partial charge in [0.25, 0.3) is 5.56 Å². The van der Waals surface area contributed by atoms with Gasteiger partial charge in [-0.25, -0.2) is 9.37 Å². The van der Waals surface area contributed by atoms with Crippen molar-refractivity contribution in [3.05, 3.63) is 88.5 Å². The first kappa shape index (κ1) is 16.6. The van der Waals surface area contributed by atoms with Gasteiger partial charge in [-0.15, -0.1) is 0 Å². The summed E-state index contributed by atoms with van der Waals surface area (Å²) in [7, 11) is 0. The van der Waals surface area contributed by atoms with Gasteiger partial charge in [0.2, 0.25) is 0 Å². The SMILES string of the molecule is O=c1c2ccncc2ncn1Cc1ccc(C2=CC3C=NNC3C=C2)cc1F. The quantitative estimate of drug-likeness (QED) is 0.766. The molecule has 1 N–H and O–H groups in total. The number of aromatic nitrogens is 3. The summed E-state index contributed by atoms with van der Waals surface area (Å²) in [6.07, 6.45) is 12.5. The van der Waals surface area contributed by atoms with Crippen molar-refractivity contribution in [3.63, 3.8) is 0 Å². The summed E-state index contributed by atoms with van der Waals surface area (Å²) in [5.41, 5.74) is 5.52. The number of fused-ring (bicyclic) bond motifs is 2. The molecule has 0 fully saturated rings. The molecule has 5 rings (SSSR count). The molecule has 3 heterocycles. The third kappa shape index (κ3) is 2.81. The molecule has 1 aliphatic carbocycles. The van der Waals surface area contributed by atoms with Crippen LogP contribution in [0.3, 0.4) is 0 Å². The van der Waals surface area contributed by atoms with Gasteiger partial charge in [0.05, 0.1) is 36.0 Å². The van der Waals surface area contributed by atoms with Crippen molar-refractivity contribution >= 4 is 22.7 Å². The highest BCUT2D eigenvalue weighted by molar-refractivity contribution is 5.81. The minimum absolute atomic E-state index is 0.117. The number of halogens is 1. The first-order valence-corrected chi connectivity index (χ1v) is 8.96. The highest BCUT2D eigenvalue weighted by atomic mass is 19.1. The van der Waals surface area contributed by atoms with E-state index in [1.165, 1.54) is 23.2 Å². The van der Waals surface area contributed by atoms with Crippen molar-refractivity contribution in [2.24, 2.45) is 11.0 Å². The summed E-state index contributed by atoms with van der Waals surface area (Å²) in [5, 5.41) is 4.54. The second-order valence-corrected chi connectivity index (χ2v) is 6.87. The van der Waals surface area contributed by atoms with E-state index in [1.807, 2.05) is 24.4 Å². The molecule has 0 saturated carbocycles. The predicted molar refractivity (Wildman–Crippen MR) is 105 cm³/mol. The van der Waals surface area contributed by atoms with E-state index in [1.54, 1.807) is 18.3 Å². The fraction of sp³-hybridized carbons (Fsp3) is 0.143. The van der Waals surface area contributed by atoms with Crippen LogP contribution in [0.2, 0.25) is 0 Å². The van der Waals surface area contributed by atoms with Crippen LogP contribution in [-0.2, 0) is 6.54 Å². The lowest BCUT2D eigenvalue weighted by molar-refractivity contribution is 0.594. The molecular formula is C21H16FN5O. The van der Waals surface area contributed by atoms with Crippen LogP contribution in [0.25, 0.3) is 16.5 Å². The summed E-state index contributed by atoms with van der Waals surface area (Å²) in [6.45, 7) is 0.117. The van der Waals surface area contributed by atoms with Crippen LogP contribution in [0.1, 0.15) is 11.1 Å². The fourth-order valence-corrected chi connectivity index (χ4v) is 3.53. The van der Waals surface area contributed by atoms with Crippen molar-refractivity contribution in [1.29, 1.82) is 0 Å². The molecule has 6 nitrogen and oxygen atoms in total. The van der Waals surface area contributed by atoms with Crippen LogP contribution in [-0.4, -0.2) is 26.8 Å². The largest absolute Gasteiger partial charge is 0.302 e. The maximum atomic E-state index is 14.8. The van der Waals surface area contributed by atoms with Gasteiger partial charge in [-0.05, 0) is 23.3 Å². The number of allylic oxidation sites excluding steroid dienone is 2. The van der Waals surface area contributed by atoms with Crippen LogP contribution >= 0.6 is 0 Å². The Balaban J connectivity index is 1.45. The Labute approximate surface area is 159 Å². The third-order valence-electron chi connectivity index (χ3n) is 5.09. The van der Waals surface area contributed by atoms with E-state index in [4.69, 9.17) is 0 Å². The van der Waals surface area contributed by atoms with Crippen molar-refractivity contribution in [1.82, 2.24) is 20.0 Å². The summed E-state index contributed by atoms with van der Waals surface area (Å²) in [5.74, 6) is -0.173. The van der Waals surface area contributed by atoms with E-state index in [0.29, 0.717) is 16.5 Å². The summed E-state index contributed by atoms with van der Waals surface area (Å²) in [6, 6.07) is 6.90. The second kappa shape index (κ2) is 6.53. The number of hydrogen-bond donors (Lipinski definition) is 1. The van der Waals surface area contributed by atoms with E-state index < -0.39 is 0 Å². The summed E-state index contributed by atoms with van der Waals surface area (Å²) in [4.78, 5) is 20.8. The summed E-state index contributed by atoms with van der Waals surface area (Å²) >= 11 is 0. The Hall–Kier alpha value is -3.61. The van der Waals surface area contributed by atoms with E-state index in [2.05, 4.69) is 26.6 Å². The minimum Gasteiger partial charge on any atom is -0.302 e. The van der Waals surface area contributed by atoms with Gasteiger partial charge < -0.3 is 5.43 Å². The maximum Gasteiger partial charge on any atom is 0.261 e. The average Bonchev–Trinajstić information content (AvgIpc) is 3.19. The van der Waals surface area contributed by atoms with Gasteiger partial charge in [0, 0.05) is 23.9 Å². The lowest BCUT2D eigenvalue weighted by Gasteiger charge is -2.18. The molecule has 2 unspecified atom stereocenters. The van der Waals surface area contributed by atoms with Gasteiger partial charge in [-0.1, -0.05) is 30.4 Å². The molecule has 7 heteroatoms. The van der Waals surface area contributed by atoms with Crippen LogP contribution < -0.4 is 11.0 Å². The van der Waals surface area contributed by atoms with Crippen LogP contribution in [0.5, 0.6) is 0 Å². The Morgan fingerprint density at radius 2 is 2.18 bits per heavy atom. The number of rotatable bonds is 3. The number of nitrogens with one attached hydrogen (secondary N) is 1. The van der Waals surface area contributed by atoms with Crippen molar-refractivity contribution in [2.75, 3.05) is 0 Å². The molecule has 28 heavy (non-hydrogen) atoms. The zero-order valence-electron chi connectivity index (χ0n) is 14.8. The molecule has 2 aliphatic rings. The standard InChI is InChI=1S/C21H16FN5O/c22-18-8-14(13-3-4-19-16(7-13)9-25-26-19)1-2-15(18)11-27-12-24-20-10-23-6-5-17(20)21(27)28/h1-10,12,16,19,26H,11H2. The Morgan fingerprint density at radius 1 is 1.25 bits per heavy atom. The van der Waals surface area contributed by atoms with Crippen molar-refractivity contribution in [3.8, 4) is 0 Å². The molecule has 0 bridgehead atoms. The average molecular weight is 373 g/mol. The van der Waals surface area contributed by atoms with Gasteiger partial charge in [0.1, 0.15) is 5.82 Å². The summed E-state index contributed by atoms with van der Waals surface area (Å²) < 4.78 is 16.2. The van der Waals surface area contributed by atoms with Crippen LogP contribution in [0.15, 0.2) is 71.1 Å². The molecule has 2 aromatic heterocycles. The van der Waals surface area contributed by atoms with Gasteiger partial charge in [0.15, 0.2) is 0 Å². The monoisotopic (exact) mass is 373 g/mol. The van der Waals surface area contributed by atoms with Crippen molar-refractivity contribution in [2.45, 2.75) is 12.6 Å². The second-order valence-electron chi connectivity index (χ2n) is 6.87. The number of hydrogen-bond acceptors (Lipinski definition) is 5. The first-order chi connectivity index (χ1) is 13.7. The molecule has 0 saturated heterocycles. The van der Waals surface area contributed by atoms with E-state index >= 15 is 0 Å². The minimum atomic E-state index is -0.353. The zero-order chi connectivity index (χ0) is 19.1.